The highest BCUT2D eigenvalue weighted by molar-refractivity contribution is 7.84. The summed E-state index contributed by atoms with van der Waals surface area (Å²) in [5, 5.41) is 3.20. The van der Waals surface area contributed by atoms with Crippen molar-refractivity contribution < 1.29 is 18.2 Å². The third kappa shape index (κ3) is 3.98. The molecule has 1 N–H and O–H groups in total. The molecule has 0 aliphatic carbocycles. The molecule has 0 fully saturated rings. The van der Waals surface area contributed by atoms with Crippen LogP contribution in [0.5, 0.6) is 0 Å². The van der Waals surface area contributed by atoms with Crippen LogP contribution in [0.3, 0.4) is 0 Å². The predicted molar refractivity (Wildman–Crippen MR) is 65.3 cm³/mol. The number of esters is 1. The molecule has 0 aliphatic rings. The number of nitrogens with one attached hydrogen (secondary N) is 1. The molecule has 96 valence electrons. The molecule has 0 amide bonds. The Hall–Kier alpha value is -1.14. The quantitative estimate of drug-likeness (QED) is 0.769. The van der Waals surface area contributed by atoms with Gasteiger partial charge in [0.15, 0.2) is 0 Å². The first-order chi connectivity index (χ1) is 8.06. The fourth-order valence-electron chi connectivity index (χ4n) is 1.27. The number of rotatable bonds is 6. The molecule has 1 heterocycles. The zero-order chi connectivity index (χ0) is 12.8. The van der Waals surface area contributed by atoms with Gasteiger partial charge in [-0.3, -0.25) is 4.21 Å². The van der Waals surface area contributed by atoms with E-state index in [0.29, 0.717) is 13.1 Å². The van der Waals surface area contributed by atoms with Gasteiger partial charge in [0.25, 0.3) is 0 Å². The van der Waals surface area contributed by atoms with Crippen molar-refractivity contribution in [1.29, 1.82) is 0 Å². The lowest BCUT2D eigenvalue weighted by Gasteiger charge is -2.09. The SMILES string of the molecule is COC(=O)c1occc1CNCC(C)S(C)=O. The van der Waals surface area contributed by atoms with Crippen molar-refractivity contribution in [1.82, 2.24) is 5.32 Å². The predicted octanol–water partition coefficient (Wildman–Crippen LogP) is 0.923. The average molecular weight is 259 g/mol. The molecule has 1 rings (SSSR count). The molecule has 1 aromatic heterocycles. The van der Waals surface area contributed by atoms with Crippen LogP contribution >= 0.6 is 0 Å². The fourth-order valence-corrected chi connectivity index (χ4v) is 1.63. The minimum atomic E-state index is -0.852. The fraction of sp³-hybridized carbons (Fsp3) is 0.545. The van der Waals surface area contributed by atoms with Crippen molar-refractivity contribution in [2.75, 3.05) is 19.9 Å². The van der Waals surface area contributed by atoms with Gasteiger partial charge in [0, 0.05) is 41.0 Å². The standard InChI is InChI=1S/C11H17NO4S/c1-8(17(3)14)6-12-7-9-4-5-16-10(9)11(13)15-2/h4-5,8,12H,6-7H2,1-3H3. The highest BCUT2D eigenvalue weighted by atomic mass is 32.2. The number of carbonyl (C=O) groups is 1. The molecule has 0 saturated heterocycles. The number of hydrogen-bond donors (Lipinski definition) is 1. The molecule has 6 heteroatoms. The zero-order valence-corrected chi connectivity index (χ0v) is 11.0. The molecule has 1 aromatic rings. The van der Waals surface area contributed by atoms with E-state index in [9.17, 15) is 9.00 Å². The van der Waals surface area contributed by atoms with Crippen LogP contribution in [0.2, 0.25) is 0 Å². The second kappa shape index (κ2) is 6.56. The Morgan fingerprint density at radius 1 is 1.65 bits per heavy atom. The van der Waals surface area contributed by atoms with E-state index >= 15 is 0 Å². The van der Waals surface area contributed by atoms with Crippen molar-refractivity contribution in [2.45, 2.75) is 18.7 Å². The molecule has 0 bridgehead atoms. The summed E-state index contributed by atoms with van der Waals surface area (Å²) in [4.78, 5) is 11.3. The molecule has 2 unspecified atom stereocenters. The monoisotopic (exact) mass is 259 g/mol. The minimum Gasteiger partial charge on any atom is -0.463 e. The van der Waals surface area contributed by atoms with E-state index in [1.807, 2.05) is 6.92 Å². The van der Waals surface area contributed by atoms with Crippen molar-refractivity contribution in [3.63, 3.8) is 0 Å². The smallest absolute Gasteiger partial charge is 0.374 e. The van der Waals surface area contributed by atoms with E-state index in [4.69, 9.17) is 4.42 Å². The molecule has 0 radical (unpaired) electrons. The molecule has 0 saturated carbocycles. The first-order valence-electron chi connectivity index (χ1n) is 5.24. The van der Waals surface area contributed by atoms with E-state index in [1.165, 1.54) is 13.4 Å². The zero-order valence-electron chi connectivity index (χ0n) is 10.2. The Labute approximate surface area is 103 Å². The van der Waals surface area contributed by atoms with Gasteiger partial charge in [-0.05, 0) is 13.0 Å². The number of furan rings is 1. The highest BCUT2D eigenvalue weighted by Crippen LogP contribution is 2.11. The van der Waals surface area contributed by atoms with E-state index in [0.717, 1.165) is 5.56 Å². The Bertz CT molecular complexity index is 402. The molecular weight excluding hydrogens is 242 g/mol. The van der Waals surface area contributed by atoms with Crippen molar-refractivity contribution in [3.8, 4) is 0 Å². The summed E-state index contributed by atoms with van der Waals surface area (Å²) in [5.41, 5.74) is 0.742. The first kappa shape index (κ1) is 13.9. The maximum Gasteiger partial charge on any atom is 0.374 e. The van der Waals surface area contributed by atoms with Crippen LogP contribution in [-0.4, -0.2) is 35.3 Å². The molecule has 0 aliphatic heterocycles. The number of carbonyl (C=O) groups excluding carboxylic acids is 1. The molecule has 2 atom stereocenters. The summed E-state index contributed by atoms with van der Waals surface area (Å²) in [6.07, 6.45) is 3.12. The lowest BCUT2D eigenvalue weighted by atomic mass is 10.2. The normalized spacial score (nSPS) is 14.3. The third-order valence-corrected chi connectivity index (χ3v) is 3.73. The van der Waals surface area contributed by atoms with Gasteiger partial charge in [-0.1, -0.05) is 0 Å². The van der Waals surface area contributed by atoms with Gasteiger partial charge < -0.3 is 14.5 Å². The molecular formula is C11H17NO4S. The van der Waals surface area contributed by atoms with Gasteiger partial charge >= 0.3 is 5.97 Å². The lowest BCUT2D eigenvalue weighted by molar-refractivity contribution is 0.0563. The van der Waals surface area contributed by atoms with Gasteiger partial charge in [0.1, 0.15) is 0 Å². The van der Waals surface area contributed by atoms with Crippen LogP contribution in [0.1, 0.15) is 23.0 Å². The molecule has 0 spiro atoms. The van der Waals surface area contributed by atoms with E-state index in [2.05, 4.69) is 10.1 Å². The number of hydrogen-bond acceptors (Lipinski definition) is 5. The van der Waals surface area contributed by atoms with Gasteiger partial charge in [0.2, 0.25) is 5.76 Å². The average Bonchev–Trinajstić information content (AvgIpc) is 2.76. The summed E-state index contributed by atoms with van der Waals surface area (Å²) in [6, 6.07) is 1.72. The Morgan fingerprint density at radius 3 is 2.94 bits per heavy atom. The number of ether oxygens (including phenoxy) is 1. The Kier molecular flexibility index (Phi) is 5.37. The third-order valence-electron chi connectivity index (χ3n) is 2.43. The van der Waals surface area contributed by atoms with Crippen LogP contribution in [-0.2, 0) is 22.1 Å². The summed E-state index contributed by atoms with van der Waals surface area (Å²) in [6.45, 7) is 3.01. The second-order valence-corrected chi connectivity index (χ2v) is 5.51. The topological polar surface area (TPSA) is 68.5 Å². The summed E-state index contributed by atoms with van der Waals surface area (Å²) < 4.78 is 20.8. The van der Waals surface area contributed by atoms with E-state index in [-0.39, 0.29) is 11.0 Å². The van der Waals surface area contributed by atoms with Crippen molar-refractivity contribution in [3.05, 3.63) is 23.7 Å². The molecule has 17 heavy (non-hydrogen) atoms. The van der Waals surface area contributed by atoms with Gasteiger partial charge in [0.05, 0.1) is 13.4 Å². The summed E-state index contributed by atoms with van der Waals surface area (Å²) in [5.74, 6) is -0.274. The van der Waals surface area contributed by atoms with Crippen LogP contribution < -0.4 is 5.32 Å². The molecule has 5 nitrogen and oxygen atoms in total. The Morgan fingerprint density at radius 2 is 2.35 bits per heavy atom. The van der Waals surface area contributed by atoms with Crippen molar-refractivity contribution >= 4 is 16.8 Å². The van der Waals surface area contributed by atoms with Gasteiger partial charge in [-0.25, -0.2) is 4.79 Å². The number of methoxy groups -OCH3 is 1. The second-order valence-electron chi connectivity index (χ2n) is 3.71. The van der Waals surface area contributed by atoms with Gasteiger partial charge in [-0.2, -0.15) is 0 Å². The van der Waals surface area contributed by atoms with Crippen LogP contribution in [0.15, 0.2) is 16.7 Å². The molecule has 0 aromatic carbocycles. The lowest BCUT2D eigenvalue weighted by Crippen LogP contribution is -2.27. The highest BCUT2D eigenvalue weighted by Gasteiger charge is 2.15. The van der Waals surface area contributed by atoms with E-state index in [1.54, 1.807) is 12.3 Å². The van der Waals surface area contributed by atoms with Crippen LogP contribution in [0, 0.1) is 0 Å². The maximum absolute atomic E-state index is 11.3. The summed E-state index contributed by atoms with van der Waals surface area (Å²) in [7, 11) is 0.458. The van der Waals surface area contributed by atoms with Crippen LogP contribution in [0.25, 0.3) is 0 Å². The minimum absolute atomic E-state index is 0.0727. The van der Waals surface area contributed by atoms with E-state index < -0.39 is 16.8 Å². The maximum atomic E-state index is 11.3. The van der Waals surface area contributed by atoms with Gasteiger partial charge in [-0.15, -0.1) is 0 Å². The Balaban J connectivity index is 2.50. The van der Waals surface area contributed by atoms with Crippen molar-refractivity contribution in [2.24, 2.45) is 0 Å². The summed E-state index contributed by atoms with van der Waals surface area (Å²) >= 11 is 0. The largest absolute Gasteiger partial charge is 0.463 e. The van der Waals surface area contributed by atoms with Crippen LogP contribution in [0.4, 0.5) is 0 Å². The first-order valence-corrected chi connectivity index (χ1v) is 6.86.